The summed E-state index contributed by atoms with van der Waals surface area (Å²) in [5.74, 6) is 1.72. The van der Waals surface area contributed by atoms with Crippen molar-refractivity contribution in [3.8, 4) is 11.5 Å². The van der Waals surface area contributed by atoms with Crippen molar-refractivity contribution < 1.29 is 14.3 Å². The quantitative estimate of drug-likeness (QED) is 0.877. The van der Waals surface area contributed by atoms with Gasteiger partial charge in [-0.2, -0.15) is 0 Å². The van der Waals surface area contributed by atoms with Crippen LogP contribution in [0.2, 0.25) is 0 Å². The maximum atomic E-state index is 11.6. The molecule has 5 nitrogen and oxygen atoms in total. The Labute approximate surface area is 157 Å². The van der Waals surface area contributed by atoms with E-state index >= 15 is 0 Å². The average Bonchev–Trinajstić information content (AvgIpc) is 3.32. The van der Waals surface area contributed by atoms with E-state index in [2.05, 4.69) is 39.9 Å². The summed E-state index contributed by atoms with van der Waals surface area (Å²) in [4.78, 5) is 15.4. The minimum Gasteiger partial charge on any atom is -0.493 e. The molecule has 0 unspecified atom stereocenters. The molecule has 0 radical (unpaired) electrons. The topological polar surface area (TPSA) is 50.8 Å². The first-order chi connectivity index (χ1) is 12.7. The molecule has 1 saturated heterocycles. The first-order valence-electron chi connectivity index (χ1n) is 9.01. The number of benzene rings is 1. The van der Waals surface area contributed by atoms with E-state index in [0.717, 1.165) is 37.4 Å². The molecule has 1 N–H and O–H groups in total. The number of fused-ring (bicyclic) bond motifs is 1. The van der Waals surface area contributed by atoms with E-state index in [1.165, 1.54) is 16.0 Å². The van der Waals surface area contributed by atoms with Crippen molar-refractivity contribution in [1.82, 2.24) is 10.2 Å². The van der Waals surface area contributed by atoms with Gasteiger partial charge in [0, 0.05) is 30.4 Å². The average molecular weight is 372 g/mol. The minimum atomic E-state index is 0.173. The predicted molar refractivity (Wildman–Crippen MR) is 102 cm³/mol. The van der Waals surface area contributed by atoms with Crippen LogP contribution in [0.4, 0.5) is 0 Å². The van der Waals surface area contributed by atoms with E-state index in [1.54, 1.807) is 25.6 Å². The van der Waals surface area contributed by atoms with Gasteiger partial charge in [-0.1, -0.05) is 6.07 Å². The molecule has 2 aliphatic rings. The zero-order valence-corrected chi connectivity index (χ0v) is 16.0. The van der Waals surface area contributed by atoms with E-state index in [-0.39, 0.29) is 18.0 Å². The molecular formula is C20H24N2O3S. The Morgan fingerprint density at radius 3 is 2.69 bits per heavy atom. The van der Waals surface area contributed by atoms with Crippen LogP contribution < -0.4 is 14.8 Å². The summed E-state index contributed by atoms with van der Waals surface area (Å²) < 4.78 is 11.0. The molecule has 4 rings (SSSR count). The van der Waals surface area contributed by atoms with Crippen molar-refractivity contribution in [3.05, 3.63) is 45.6 Å². The minimum absolute atomic E-state index is 0.173. The number of hydrogen-bond acceptors (Lipinski definition) is 5. The first-order valence-corrected chi connectivity index (χ1v) is 9.89. The van der Waals surface area contributed by atoms with Crippen molar-refractivity contribution in [2.24, 2.45) is 0 Å². The summed E-state index contributed by atoms with van der Waals surface area (Å²) in [5.41, 5.74) is 2.59. The van der Waals surface area contributed by atoms with Crippen LogP contribution in [0.25, 0.3) is 0 Å². The summed E-state index contributed by atoms with van der Waals surface area (Å²) >= 11 is 1.78. The third-order valence-corrected chi connectivity index (χ3v) is 6.25. The third kappa shape index (κ3) is 3.19. The van der Waals surface area contributed by atoms with Crippen molar-refractivity contribution in [2.75, 3.05) is 27.3 Å². The van der Waals surface area contributed by atoms with Gasteiger partial charge in [0.2, 0.25) is 5.91 Å². The number of methoxy groups -OCH3 is 2. The number of thiophene rings is 1. The Balaban J connectivity index is 1.71. The van der Waals surface area contributed by atoms with Gasteiger partial charge in [0.15, 0.2) is 11.5 Å². The van der Waals surface area contributed by atoms with Crippen molar-refractivity contribution in [1.29, 1.82) is 0 Å². The van der Waals surface area contributed by atoms with Crippen LogP contribution in [0.1, 0.15) is 34.9 Å². The number of carbonyl (C=O) groups excluding carboxylic acids is 1. The molecule has 2 aromatic rings. The molecule has 2 aliphatic heterocycles. The number of carbonyl (C=O) groups is 1. The molecule has 138 valence electrons. The fourth-order valence-corrected chi connectivity index (χ4v) is 4.95. The lowest BCUT2D eigenvalue weighted by molar-refractivity contribution is -0.119. The lowest BCUT2D eigenvalue weighted by Crippen LogP contribution is -2.43. The smallest absolute Gasteiger partial charge is 0.220 e. The van der Waals surface area contributed by atoms with Crippen LogP contribution in [0.15, 0.2) is 29.6 Å². The molecular weight excluding hydrogens is 348 g/mol. The molecule has 6 heteroatoms. The molecule has 0 spiro atoms. The summed E-state index contributed by atoms with van der Waals surface area (Å²) in [7, 11) is 3.36. The monoisotopic (exact) mass is 372 g/mol. The lowest BCUT2D eigenvalue weighted by atomic mass is 9.90. The number of rotatable bonds is 5. The predicted octanol–water partition coefficient (Wildman–Crippen LogP) is 2.99. The second-order valence-corrected chi connectivity index (χ2v) is 7.85. The Bertz CT molecular complexity index is 791. The largest absolute Gasteiger partial charge is 0.493 e. The fourth-order valence-electron chi connectivity index (χ4n) is 4.07. The highest BCUT2D eigenvalue weighted by Crippen LogP contribution is 2.42. The normalized spacial score (nSPS) is 22.8. The van der Waals surface area contributed by atoms with Crippen LogP contribution in [-0.4, -0.2) is 44.2 Å². The van der Waals surface area contributed by atoms with Gasteiger partial charge >= 0.3 is 0 Å². The van der Waals surface area contributed by atoms with Crippen LogP contribution in [-0.2, 0) is 11.2 Å². The highest BCUT2D eigenvalue weighted by molar-refractivity contribution is 7.10. The van der Waals surface area contributed by atoms with E-state index < -0.39 is 0 Å². The molecule has 0 bridgehead atoms. The number of nitrogens with one attached hydrogen (secondary N) is 1. The van der Waals surface area contributed by atoms with Gasteiger partial charge in [0.1, 0.15) is 0 Å². The highest BCUT2D eigenvalue weighted by Gasteiger charge is 2.33. The SMILES string of the molecule is COc1cc2c(cc1OC)[C@H](c1cccs1)N(C[C@@H]1CCC(=O)N1)CC2. The van der Waals surface area contributed by atoms with Gasteiger partial charge < -0.3 is 14.8 Å². The van der Waals surface area contributed by atoms with Crippen molar-refractivity contribution in [3.63, 3.8) is 0 Å². The summed E-state index contributed by atoms with van der Waals surface area (Å²) in [6.45, 7) is 1.85. The van der Waals surface area contributed by atoms with Gasteiger partial charge in [-0.3, -0.25) is 9.69 Å². The van der Waals surface area contributed by atoms with Crippen LogP contribution in [0, 0.1) is 0 Å². The van der Waals surface area contributed by atoms with Crippen LogP contribution in [0.3, 0.4) is 0 Å². The second kappa shape index (κ2) is 7.29. The van der Waals surface area contributed by atoms with Gasteiger partial charge in [0.25, 0.3) is 0 Å². The van der Waals surface area contributed by atoms with Crippen molar-refractivity contribution >= 4 is 17.2 Å². The first kappa shape index (κ1) is 17.4. The van der Waals surface area contributed by atoms with E-state index in [4.69, 9.17) is 9.47 Å². The lowest BCUT2D eigenvalue weighted by Gasteiger charge is -2.38. The van der Waals surface area contributed by atoms with E-state index in [9.17, 15) is 4.79 Å². The number of nitrogens with zero attached hydrogens (tertiary/aromatic N) is 1. The molecule has 0 aliphatic carbocycles. The highest BCUT2D eigenvalue weighted by atomic mass is 32.1. The van der Waals surface area contributed by atoms with Crippen LogP contribution >= 0.6 is 11.3 Å². The molecule has 1 fully saturated rings. The number of amides is 1. The molecule has 0 saturated carbocycles. The molecule has 3 heterocycles. The number of ether oxygens (including phenoxy) is 2. The molecule has 1 aromatic heterocycles. The van der Waals surface area contributed by atoms with Gasteiger partial charge in [-0.05, 0) is 47.5 Å². The third-order valence-electron chi connectivity index (χ3n) is 5.33. The molecule has 2 atom stereocenters. The molecule has 1 amide bonds. The van der Waals surface area contributed by atoms with E-state index in [1.807, 2.05) is 0 Å². The summed E-state index contributed by atoms with van der Waals surface area (Å²) in [6, 6.07) is 8.97. The van der Waals surface area contributed by atoms with Gasteiger partial charge in [-0.25, -0.2) is 0 Å². The molecule has 1 aromatic carbocycles. The van der Waals surface area contributed by atoms with Crippen molar-refractivity contribution in [2.45, 2.75) is 31.3 Å². The maximum absolute atomic E-state index is 11.6. The fraction of sp³-hybridized carbons (Fsp3) is 0.450. The zero-order chi connectivity index (χ0) is 18.1. The summed E-state index contributed by atoms with van der Waals surface area (Å²) in [6.07, 6.45) is 2.54. The summed E-state index contributed by atoms with van der Waals surface area (Å²) in [5, 5.41) is 5.23. The van der Waals surface area contributed by atoms with Gasteiger partial charge in [-0.15, -0.1) is 11.3 Å². The van der Waals surface area contributed by atoms with Gasteiger partial charge in [0.05, 0.1) is 20.3 Å². The Kier molecular flexibility index (Phi) is 4.87. The Morgan fingerprint density at radius 1 is 1.23 bits per heavy atom. The Hall–Kier alpha value is -2.05. The van der Waals surface area contributed by atoms with Crippen LogP contribution in [0.5, 0.6) is 11.5 Å². The zero-order valence-electron chi connectivity index (χ0n) is 15.2. The standard InChI is InChI=1S/C20H24N2O3S/c1-24-16-10-13-7-8-22(12-14-5-6-19(23)21-14)20(18-4-3-9-26-18)15(13)11-17(16)25-2/h3-4,9-11,14,20H,5-8,12H2,1-2H3,(H,21,23)/t14-,20+/m0/s1. The maximum Gasteiger partial charge on any atom is 0.220 e. The van der Waals surface area contributed by atoms with E-state index in [0.29, 0.717) is 6.42 Å². The molecule has 26 heavy (non-hydrogen) atoms. The Morgan fingerprint density at radius 2 is 2.04 bits per heavy atom. The second-order valence-electron chi connectivity index (χ2n) is 6.87. The number of hydrogen-bond donors (Lipinski definition) is 1.